The average Bonchev–Trinajstić information content (AvgIpc) is 2.89. The highest BCUT2D eigenvalue weighted by atomic mass is 16.5. The number of carbonyl (C=O) groups is 1. The first-order chi connectivity index (χ1) is 12.2. The van der Waals surface area contributed by atoms with Crippen LogP contribution in [0.5, 0.6) is 5.75 Å². The van der Waals surface area contributed by atoms with E-state index in [0.717, 1.165) is 30.8 Å². The number of aliphatic hydroxyl groups is 1. The van der Waals surface area contributed by atoms with E-state index in [0.29, 0.717) is 13.1 Å². The van der Waals surface area contributed by atoms with Crippen molar-refractivity contribution in [2.45, 2.75) is 38.2 Å². The second-order valence-corrected chi connectivity index (χ2v) is 6.60. The molecule has 2 amide bonds. The summed E-state index contributed by atoms with van der Waals surface area (Å²) in [6.45, 7) is 3.56. The van der Waals surface area contributed by atoms with Gasteiger partial charge in [0.05, 0.1) is 13.2 Å². The van der Waals surface area contributed by atoms with Crippen LogP contribution >= 0.6 is 0 Å². The number of methoxy groups -OCH3 is 1. The Morgan fingerprint density at radius 3 is 2.48 bits per heavy atom. The summed E-state index contributed by atoms with van der Waals surface area (Å²) >= 11 is 0. The van der Waals surface area contributed by atoms with Crippen molar-refractivity contribution in [1.82, 2.24) is 15.5 Å². The molecule has 0 aliphatic carbocycles. The molecule has 1 heterocycles. The van der Waals surface area contributed by atoms with Gasteiger partial charge in [0.1, 0.15) is 5.75 Å². The number of hydrogen-bond acceptors (Lipinski definition) is 4. The van der Waals surface area contributed by atoms with Crippen LogP contribution in [0.15, 0.2) is 24.3 Å². The molecule has 1 saturated heterocycles. The number of carbonyl (C=O) groups excluding carboxylic acids is 1. The number of aliphatic hydroxyl groups excluding tert-OH is 1. The zero-order valence-electron chi connectivity index (χ0n) is 15.2. The molecule has 0 radical (unpaired) electrons. The summed E-state index contributed by atoms with van der Waals surface area (Å²) in [6, 6.07) is 7.57. The first kappa shape index (κ1) is 19.5. The van der Waals surface area contributed by atoms with Gasteiger partial charge >= 0.3 is 6.03 Å². The quantitative estimate of drug-likeness (QED) is 0.669. The fourth-order valence-corrected chi connectivity index (χ4v) is 3.07. The molecular weight excluding hydrogens is 318 g/mol. The molecule has 1 aromatic rings. The van der Waals surface area contributed by atoms with E-state index in [9.17, 15) is 9.90 Å². The third-order valence-electron chi connectivity index (χ3n) is 4.52. The molecule has 0 saturated carbocycles. The smallest absolute Gasteiger partial charge is 0.314 e. The third-order valence-corrected chi connectivity index (χ3v) is 4.52. The first-order valence-electron chi connectivity index (χ1n) is 9.22. The molecule has 6 nitrogen and oxygen atoms in total. The lowest BCUT2D eigenvalue weighted by atomic mass is 10.1. The van der Waals surface area contributed by atoms with E-state index in [-0.39, 0.29) is 12.6 Å². The van der Waals surface area contributed by atoms with Gasteiger partial charge in [0.25, 0.3) is 0 Å². The Bertz CT molecular complexity index is 499. The van der Waals surface area contributed by atoms with Gasteiger partial charge in [0.2, 0.25) is 0 Å². The van der Waals surface area contributed by atoms with Crippen LogP contribution in [0.1, 0.15) is 31.2 Å². The number of urea groups is 1. The minimum absolute atomic E-state index is 0.233. The van der Waals surface area contributed by atoms with Crippen molar-refractivity contribution in [2.75, 3.05) is 39.8 Å². The number of nitrogens with zero attached hydrogens (tertiary/aromatic N) is 1. The minimum Gasteiger partial charge on any atom is -0.497 e. The van der Waals surface area contributed by atoms with E-state index in [1.54, 1.807) is 7.11 Å². The molecule has 1 aromatic carbocycles. The highest BCUT2D eigenvalue weighted by Crippen LogP contribution is 2.11. The summed E-state index contributed by atoms with van der Waals surface area (Å²) in [5.74, 6) is 0.827. The predicted molar refractivity (Wildman–Crippen MR) is 99.0 cm³/mol. The number of β-amino-alcohol motifs (C(OH)–C–C–N with tert-alkyl or cyclic N) is 1. The number of ether oxygens (including phenoxy) is 1. The van der Waals surface area contributed by atoms with E-state index in [2.05, 4.69) is 15.5 Å². The lowest BCUT2D eigenvalue weighted by molar-refractivity contribution is 0.114. The van der Waals surface area contributed by atoms with Crippen molar-refractivity contribution in [3.05, 3.63) is 29.8 Å². The molecule has 0 bridgehead atoms. The Morgan fingerprint density at radius 1 is 1.16 bits per heavy atom. The summed E-state index contributed by atoms with van der Waals surface area (Å²) < 4.78 is 5.12. The van der Waals surface area contributed by atoms with E-state index >= 15 is 0 Å². The molecule has 1 atom stereocenters. The van der Waals surface area contributed by atoms with Gasteiger partial charge in [-0.2, -0.15) is 0 Å². The van der Waals surface area contributed by atoms with Gasteiger partial charge in [-0.05, 0) is 50.0 Å². The van der Waals surface area contributed by atoms with Gasteiger partial charge in [-0.3, -0.25) is 0 Å². The molecule has 6 heteroatoms. The van der Waals surface area contributed by atoms with Crippen LogP contribution in [0, 0.1) is 0 Å². The molecule has 3 N–H and O–H groups in total. The van der Waals surface area contributed by atoms with E-state index < -0.39 is 6.10 Å². The fourth-order valence-electron chi connectivity index (χ4n) is 3.07. The van der Waals surface area contributed by atoms with Crippen LogP contribution in [0.4, 0.5) is 4.79 Å². The first-order valence-corrected chi connectivity index (χ1v) is 9.22. The summed E-state index contributed by atoms with van der Waals surface area (Å²) in [7, 11) is 1.64. The van der Waals surface area contributed by atoms with Gasteiger partial charge in [0, 0.05) is 19.6 Å². The van der Waals surface area contributed by atoms with E-state index in [1.807, 2.05) is 24.3 Å². The summed E-state index contributed by atoms with van der Waals surface area (Å²) in [4.78, 5) is 14.1. The molecule has 1 fully saturated rings. The molecule has 140 valence electrons. The third kappa shape index (κ3) is 7.75. The largest absolute Gasteiger partial charge is 0.497 e. The lowest BCUT2D eigenvalue weighted by Crippen LogP contribution is -2.44. The van der Waals surface area contributed by atoms with Gasteiger partial charge in [-0.15, -0.1) is 0 Å². The highest BCUT2D eigenvalue weighted by molar-refractivity contribution is 5.73. The molecule has 1 aliphatic rings. The maximum absolute atomic E-state index is 11.8. The summed E-state index contributed by atoms with van der Waals surface area (Å²) in [5, 5.41) is 15.7. The van der Waals surface area contributed by atoms with Gasteiger partial charge in [-0.25, -0.2) is 4.79 Å². The number of benzene rings is 1. The second kappa shape index (κ2) is 10.9. The lowest BCUT2D eigenvalue weighted by Gasteiger charge is -2.23. The Labute approximate surface area is 150 Å². The van der Waals surface area contributed by atoms with Crippen molar-refractivity contribution in [3.63, 3.8) is 0 Å². The number of nitrogens with one attached hydrogen (secondary N) is 2. The predicted octanol–water partition coefficient (Wildman–Crippen LogP) is 1.77. The molecule has 0 aromatic heterocycles. The maximum Gasteiger partial charge on any atom is 0.314 e. The molecule has 0 spiro atoms. The Kier molecular flexibility index (Phi) is 8.55. The number of likely N-dealkylation sites (tertiary alicyclic amines) is 1. The van der Waals surface area contributed by atoms with E-state index in [4.69, 9.17) is 4.74 Å². The number of hydrogen-bond donors (Lipinski definition) is 3. The van der Waals surface area contributed by atoms with Gasteiger partial charge in [0.15, 0.2) is 0 Å². The number of rotatable bonds is 8. The standard InChI is InChI=1S/C19H31N3O3/c1-25-18-8-6-16(7-9-18)10-11-20-19(24)21-14-17(23)15-22-12-4-2-3-5-13-22/h6-9,17,23H,2-5,10-15H2,1H3,(H2,20,21,24)/t17-/m1/s1. The highest BCUT2D eigenvalue weighted by Gasteiger charge is 2.14. The van der Waals surface area contributed by atoms with Crippen molar-refractivity contribution in [1.29, 1.82) is 0 Å². The van der Waals surface area contributed by atoms with Crippen molar-refractivity contribution < 1.29 is 14.6 Å². The Balaban J connectivity index is 1.57. The van der Waals surface area contributed by atoms with Gasteiger partial charge in [-0.1, -0.05) is 25.0 Å². The van der Waals surface area contributed by atoms with Crippen LogP contribution in [0.25, 0.3) is 0 Å². The average molecular weight is 349 g/mol. The monoisotopic (exact) mass is 349 g/mol. The zero-order chi connectivity index (χ0) is 17.9. The van der Waals surface area contributed by atoms with Gasteiger partial charge < -0.3 is 25.4 Å². The molecule has 25 heavy (non-hydrogen) atoms. The SMILES string of the molecule is COc1ccc(CCNC(=O)NC[C@@H](O)CN2CCCCCC2)cc1. The van der Waals surface area contributed by atoms with Crippen LogP contribution in [0.2, 0.25) is 0 Å². The van der Waals surface area contributed by atoms with Crippen molar-refractivity contribution in [3.8, 4) is 5.75 Å². The second-order valence-electron chi connectivity index (χ2n) is 6.60. The Hall–Kier alpha value is -1.79. The normalized spacial score (nSPS) is 16.7. The van der Waals surface area contributed by atoms with Crippen molar-refractivity contribution in [2.24, 2.45) is 0 Å². The van der Waals surface area contributed by atoms with E-state index in [1.165, 1.54) is 25.7 Å². The Morgan fingerprint density at radius 2 is 1.84 bits per heavy atom. The zero-order valence-corrected chi connectivity index (χ0v) is 15.2. The molecule has 1 aliphatic heterocycles. The maximum atomic E-state index is 11.8. The summed E-state index contributed by atoms with van der Waals surface area (Å²) in [6.07, 6.45) is 5.19. The van der Waals surface area contributed by atoms with Crippen LogP contribution < -0.4 is 15.4 Å². The fraction of sp³-hybridized carbons (Fsp3) is 0.632. The molecule has 2 rings (SSSR count). The minimum atomic E-state index is -0.523. The van der Waals surface area contributed by atoms with Crippen molar-refractivity contribution >= 4 is 6.03 Å². The summed E-state index contributed by atoms with van der Waals surface area (Å²) in [5.41, 5.74) is 1.14. The van der Waals surface area contributed by atoms with Crippen LogP contribution in [0.3, 0.4) is 0 Å². The number of amides is 2. The topological polar surface area (TPSA) is 73.8 Å². The molecular formula is C19H31N3O3. The molecule has 0 unspecified atom stereocenters. The van der Waals surface area contributed by atoms with Crippen LogP contribution in [-0.2, 0) is 6.42 Å². The van der Waals surface area contributed by atoms with Crippen LogP contribution in [-0.4, -0.2) is 62.0 Å².